The van der Waals surface area contributed by atoms with Crippen LogP contribution in [0.1, 0.15) is 39.5 Å². The van der Waals surface area contributed by atoms with Gasteiger partial charge in [-0.25, -0.2) is 0 Å². The van der Waals surface area contributed by atoms with Crippen molar-refractivity contribution in [2.75, 3.05) is 6.61 Å². The molecule has 0 bridgehead atoms. The summed E-state index contributed by atoms with van der Waals surface area (Å²) in [4.78, 5) is 23.2. The monoisotopic (exact) mass is 310 g/mol. The second-order valence-electron chi connectivity index (χ2n) is 5.47. The highest BCUT2D eigenvalue weighted by Gasteiger charge is 2.54. The highest BCUT2D eigenvalue weighted by Crippen LogP contribution is 2.30. The van der Waals surface area contributed by atoms with Gasteiger partial charge in [0.2, 0.25) is 5.91 Å². The van der Waals surface area contributed by atoms with Gasteiger partial charge in [0, 0.05) is 6.04 Å². The minimum absolute atomic E-state index is 0.245. The van der Waals surface area contributed by atoms with Gasteiger partial charge in [0.25, 0.3) is 0 Å². The number of hydrogen-bond acceptors (Lipinski definition) is 4. The van der Waals surface area contributed by atoms with Gasteiger partial charge in [-0.1, -0.05) is 0 Å². The Balaban J connectivity index is 2.50. The summed E-state index contributed by atoms with van der Waals surface area (Å²) in [6.07, 6.45) is -2.97. The van der Waals surface area contributed by atoms with Crippen LogP contribution in [-0.4, -0.2) is 36.2 Å². The van der Waals surface area contributed by atoms with E-state index in [1.807, 2.05) is 0 Å². The number of amides is 1. The first kappa shape index (κ1) is 17.7. The maximum absolute atomic E-state index is 12.6. The van der Waals surface area contributed by atoms with Crippen molar-refractivity contribution < 1.29 is 27.5 Å². The molecule has 21 heavy (non-hydrogen) atoms. The van der Waals surface area contributed by atoms with Gasteiger partial charge in [0.15, 0.2) is 5.54 Å². The molecular weight excluding hydrogens is 289 g/mol. The summed E-state index contributed by atoms with van der Waals surface area (Å²) in [7, 11) is 0. The molecule has 1 rings (SSSR count). The third-order valence-electron chi connectivity index (χ3n) is 3.74. The summed E-state index contributed by atoms with van der Waals surface area (Å²) in [6.45, 7) is 2.65. The first-order valence-electron chi connectivity index (χ1n) is 6.92. The van der Waals surface area contributed by atoms with Gasteiger partial charge in [-0.05, 0) is 39.5 Å². The lowest BCUT2D eigenvalue weighted by Crippen LogP contribution is -2.62. The Kier molecular flexibility index (Phi) is 5.61. The third-order valence-corrected chi connectivity index (χ3v) is 3.74. The van der Waals surface area contributed by atoms with Crippen molar-refractivity contribution in [3.63, 3.8) is 0 Å². The maximum Gasteiger partial charge on any atom is 0.415 e. The number of rotatable bonds is 4. The predicted octanol–water partition coefficient (Wildman–Crippen LogP) is 1.50. The number of carbonyl (C=O) groups excluding carboxylic acids is 2. The molecule has 8 heteroatoms. The molecule has 0 spiro atoms. The Morgan fingerprint density at radius 2 is 1.76 bits per heavy atom. The van der Waals surface area contributed by atoms with Crippen LogP contribution in [0.3, 0.4) is 0 Å². The summed E-state index contributed by atoms with van der Waals surface area (Å²) < 4.78 is 42.8. The van der Waals surface area contributed by atoms with Crippen LogP contribution < -0.4 is 11.1 Å². The molecule has 1 amide bonds. The second-order valence-corrected chi connectivity index (χ2v) is 5.47. The Bertz CT molecular complexity index is 389. The zero-order valence-corrected chi connectivity index (χ0v) is 12.1. The zero-order valence-electron chi connectivity index (χ0n) is 12.1. The minimum Gasteiger partial charge on any atom is -0.466 e. The van der Waals surface area contributed by atoms with Crippen molar-refractivity contribution in [2.24, 2.45) is 11.7 Å². The number of nitrogens with two attached hydrogens (primary N) is 1. The Morgan fingerprint density at radius 3 is 2.19 bits per heavy atom. The van der Waals surface area contributed by atoms with Crippen LogP contribution in [0.4, 0.5) is 13.2 Å². The van der Waals surface area contributed by atoms with Crippen LogP contribution in [0, 0.1) is 5.92 Å². The van der Waals surface area contributed by atoms with Gasteiger partial charge in [-0.2, -0.15) is 13.2 Å². The van der Waals surface area contributed by atoms with Gasteiger partial charge < -0.3 is 15.8 Å². The number of carbonyl (C=O) groups is 2. The lowest BCUT2D eigenvalue weighted by molar-refractivity contribution is -0.187. The molecule has 0 radical (unpaired) electrons. The van der Waals surface area contributed by atoms with E-state index in [9.17, 15) is 22.8 Å². The highest BCUT2D eigenvalue weighted by molar-refractivity contribution is 5.86. The van der Waals surface area contributed by atoms with E-state index in [1.54, 1.807) is 6.92 Å². The molecule has 1 unspecified atom stereocenters. The molecule has 0 aromatic carbocycles. The molecule has 0 aromatic rings. The van der Waals surface area contributed by atoms with Crippen LogP contribution >= 0.6 is 0 Å². The number of halogens is 3. The third kappa shape index (κ3) is 4.33. The van der Waals surface area contributed by atoms with Gasteiger partial charge in [0.05, 0.1) is 12.5 Å². The van der Waals surface area contributed by atoms with Gasteiger partial charge in [-0.15, -0.1) is 0 Å². The Morgan fingerprint density at radius 1 is 1.24 bits per heavy atom. The summed E-state index contributed by atoms with van der Waals surface area (Å²) in [6, 6.07) is -0.395. The van der Waals surface area contributed by atoms with E-state index < -0.39 is 23.7 Å². The SMILES string of the molecule is CCOC(=O)C1CCC(NC(=O)C(C)(N)C(F)(F)F)CC1. The normalized spacial score (nSPS) is 25.8. The van der Waals surface area contributed by atoms with Crippen molar-refractivity contribution in [3.8, 4) is 0 Å². The van der Waals surface area contributed by atoms with E-state index in [2.05, 4.69) is 5.32 Å². The molecule has 3 N–H and O–H groups in total. The first-order chi connectivity index (χ1) is 9.59. The molecule has 5 nitrogen and oxygen atoms in total. The van der Waals surface area contributed by atoms with Crippen molar-refractivity contribution in [3.05, 3.63) is 0 Å². The lowest BCUT2D eigenvalue weighted by Gasteiger charge is -2.32. The summed E-state index contributed by atoms with van der Waals surface area (Å²) >= 11 is 0. The van der Waals surface area contributed by atoms with Crippen LogP contribution in [0.5, 0.6) is 0 Å². The molecular formula is C13H21F3N2O3. The molecule has 0 aromatic heterocycles. The molecule has 1 saturated carbocycles. The van der Waals surface area contributed by atoms with Crippen LogP contribution in [0.15, 0.2) is 0 Å². The fraction of sp³-hybridized carbons (Fsp3) is 0.846. The van der Waals surface area contributed by atoms with Crippen LogP contribution in [-0.2, 0) is 14.3 Å². The number of hydrogen-bond donors (Lipinski definition) is 2. The van der Waals surface area contributed by atoms with Crippen molar-refractivity contribution in [1.82, 2.24) is 5.32 Å². The zero-order chi connectivity index (χ0) is 16.3. The number of ether oxygens (including phenoxy) is 1. The largest absolute Gasteiger partial charge is 0.466 e. The van der Waals surface area contributed by atoms with Crippen LogP contribution in [0.25, 0.3) is 0 Å². The van der Waals surface area contributed by atoms with E-state index in [1.165, 1.54) is 0 Å². The first-order valence-corrected chi connectivity index (χ1v) is 6.92. The predicted molar refractivity (Wildman–Crippen MR) is 69.2 cm³/mol. The molecule has 1 aliphatic carbocycles. The average molecular weight is 310 g/mol. The van der Waals surface area contributed by atoms with E-state index in [4.69, 9.17) is 10.5 Å². The molecule has 1 atom stereocenters. The minimum atomic E-state index is -4.81. The van der Waals surface area contributed by atoms with E-state index in [0.717, 1.165) is 0 Å². The van der Waals surface area contributed by atoms with Crippen molar-refractivity contribution >= 4 is 11.9 Å². The quantitative estimate of drug-likeness (QED) is 0.771. The lowest BCUT2D eigenvalue weighted by atomic mass is 9.85. The maximum atomic E-state index is 12.6. The molecule has 122 valence electrons. The molecule has 1 fully saturated rings. The number of nitrogens with one attached hydrogen (secondary N) is 1. The molecule has 1 aliphatic rings. The van der Waals surface area contributed by atoms with Crippen molar-refractivity contribution in [2.45, 2.75) is 57.3 Å². The second kappa shape index (κ2) is 6.64. The highest BCUT2D eigenvalue weighted by atomic mass is 19.4. The molecule has 0 heterocycles. The molecule has 0 aliphatic heterocycles. The van der Waals surface area contributed by atoms with Gasteiger partial charge in [0.1, 0.15) is 0 Å². The topological polar surface area (TPSA) is 81.4 Å². The van der Waals surface area contributed by atoms with E-state index >= 15 is 0 Å². The fourth-order valence-electron chi connectivity index (χ4n) is 2.20. The smallest absolute Gasteiger partial charge is 0.415 e. The summed E-state index contributed by atoms with van der Waals surface area (Å²) in [5, 5.41) is 2.32. The van der Waals surface area contributed by atoms with Gasteiger partial charge >= 0.3 is 12.1 Å². The van der Waals surface area contributed by atoms with E-state index in [0.29, 0.717) is 39.2 Å². The van der Waals surface area contributed by atoms with Gasteiger partial charge in [-0.3, -0.25) is 9.59 Å². The number of alkyl halides is 3. The Hall–Kier alpha value is -1.31. The summed E-state index contributed by atoms with van der Waals surface area (Å²) in [5.41, 5.74) is 2.15. The van der Waals surface area contributed by atoms with Crippen LogP contribution in [0.2, 0.25) is 0 Å². The Labute approximate surface area is 121 Å². The molecule has 0 saturated heterocycles. The van der Waals surface area contributed by atoms with Crippen molar-refractivity contribution in [1.29, 1.82) is 0 Å². The number of esters is 1. The standard InChI is InChI=1S/C13H21F3N2O3/c1-3-21-10(19)8-4-6-9(7-5-8)18-11(20)12(2,17)13(14,15)16/h8-9H,3-7,17H2,1-2H3,(H,18,20). The van der Waals surface area contributed by atoms with E-state index in [-0.39, 0.29) is 11.9 Å². The fourth-order valence-corrected chi connectivity index (χ4v) is 2.20. The summed E-state index contributed by atoms with van der Waals surface area (Å²) in [5.74, 6) is -1.78. The average Bonchev–Trinajstić information content (AvgIpc) is 2.38.